The number of likely N-dealkylation sites (N-methyl/N-ethyl adjacent to an activating group) is 1. The highest BCUT2D eigenvalue weighted by Gasteiger charge is 2.12. The average molecular weight is 306 g/mol. The Balaban J connectivity index is 2.35. The Hall–Kier alpha value is -2.37. The molecule has 6 heteroatoms. The van der Waals surface area contributed by atoms with E-state index >= 15 is 0 Å². The van der Waals surface area contributed by atoms with Crippen LogP contribution in [0.25, 0.3) is 0 Å². The van der Waals surface area contributed by atoms with E-state index in [0.29, 0.717) is 18.5 Å². The molecule has 0 spiro atoms. The highest BCUT2D eigenvalue weighted by Crippen LogP contribution is 2.03. The van der Waals surface area contributed by atoms with Crippen LogP contribution in [-0.2, 0) is 14.3 Å². The maximum Gasteiger partial charge on any atom is 0.305 e. The van der Waals surface area contributed by atoms with Gasteiger partial charge in [-0.3, -0.25) is 14.4 Å². The van der Waals surface area contributed by atoms with Gasteiger partial charge in [-0.25, -0.2) is 0 Å². The summed E-state index contributed by atoms with van der Waals surface area (Å²) in [6.45, 7) is 2.27. The van der Waals surface area contributed by atoms with Crippen LogP contribution in [-0.4, -0.2) is 49.9 Å². The molecule has 1 rings (SSSR count). The van der Waals surface area contributed by atoms with Crippen molar-refractivity contribution in [2.75, 3.05) is 27.2 Å². The molecular weight excluding hydrogens is 284 g/mol. The molecule has 1 aromatic rings. The quantitative estimate of drug-likeness (QED) is 0.766. The monoisotopic (exact) mass is 306 g/mol. The van der Waals surface area contributed by atoms with Crippen LogP contribution in [0.4, 0.5) is 0 Å². The number of amides is 2. The van der Waals surface area contributed by atoms with Gasteiger partial charge in [0.15, 0.2) is 0 Å². The number of methoxy groups -OCH3 is 1. The van der Waals surface area contributed by atoms with Gasteiger partial charge < -0.3 is 15.0 Å². The van der Waals surface area contributed by atoms with Crippen LogP contribution in [0.15, 0.2) is 24.3 Å². The summed E-state index contributed by atoms with van der Waals surface area (Å²) in [7, 11) is 2.97. The van der Waals surface area contributed by atoms with Crippen LogP contribution >= 0.6 is 0 Å². The largest absolute Gasteiger partial charge is 0.469 e. The lowest BCUT2D eigenvalue weighted by atomic mass is 10.1. The number of nitrogens with zero attached hydrogens (tertiary/aromatic N) is 1. The van der Waals surface area contributed by atoms with Gasteiger partial charge in [-0.05, 0) is 25.5 Å². The molecule has 2 amide bonds. The van der Waals surface area contributed by atoms with Crippen LogP contribution < -0.4 is 5.32 Å². The summed E-state index contributed by atoms with van der Waals surface area (Å²) in [6, 6.07) is 7.16. The molecule has 120 valence electrons. The number of aryl methyl sites for hydroxylation is 1. The fraction of sp³-hybridized carbons (Fsp3) is 0.438. The summed E-state index contributed by atoms with van der Waals surface area (Å²) < 4.78 is 4.53. The van der Waals surface area contributed by atoms with Crippen LogP contribution in [0.3, 0.4) is 0 Å². The second-order valence-electron chi connectivity index (χ2n) is 5.05. The van der Waals surface area contributed by atoms with E-state index in [0.717, 1.165) is 5.56 Å². The summed E-state index contributed by atoms with van der Waals surface area (Å²) in [5.41, 5.74) is 1.51. The van der Waals surface area contributed by atoms with Crippen molar-refractivity contribution >= 4 is 17.8 Å². The van der Waals surface area contributed by atoms with E-state index < -0.39 is 0 Å². The summed E-state index contributed by atoms with van der Waals surface area (Å²) >= 11 is 0. The third kappa shape index (κ3) is 5.95. The third-order valence-electron chi connectivity index (χ3n) is 3.21. The molecule has 6 nitrogen and oxygen atoms in total. The fourth-order valence-corrected chi connectivity index (χ4v) is 1.87. The van der Waals surface area contributed by atoms with Gasteiger partial charge in [0.05, 0.1) is 13.7 Å². The van der Waals surface area contributed by atoms with Crippen LogP contribution in [0.1, 0.15) is 28.8 Å². The minimum atomic E-state index is -0.298. The van der Waals surface area contributed by atoms with E-state index in [4.69, 9.17) is 0 Å². The molecule has 0 aliphatic rings. The van der Waals surface area contributed by atoms with Gasteiger partial charge in [-0.15, -0.1) is 0 Å². The Morgan fingerprint density at radius 3 is 2.64 bits per heavy atom. The number of nitrogens with one attached hydrogen (secondary N) is 1. The summed E-state index contributed by atoms with van der Waals surface area (Å²) in [4.78, 5) is 36.3. The van der Waals surface area contributed by atoms with E-state index in [1.54, 1.807) is 25.2 Å². The first-order valence-electron chi connectivity index (χ1n) is 7.09. The lowest BCUT2D eigenvalue weighted by molar-refractivity contribution is -0.141. The Morgan fingerprint density at radius 2 is 2.00 bits per heavy atom. The van der Waals surface area contributed by atoms with E-state index in [-0.39, 0.29) is 30.7 Å². The van der Waals surface area contributed by atoms with Crippen LogP contribution in [0.2, 0.25) is 0 Å². The van der Waals surface area contributed by atoms with E-state index in [9.17, 15) is 14.4 Å². The van der Waals surface area contributed by atoms with Crippen LogP contribution in [0, 0.1) is 6.92 Å². The molecule has 22 heavy (non-hydrogen) atoms. The van der Waals surface area contributed by atoms with Crippen molar-refractivity contribution in [3.05, 3.63) is 35.4 Å². The summed E-state index contributed by atoms with van der Waals surface area (Å²) in [5.74, 6) is -0.778. The van der Waals surface area contributed by atoms with E-state index in [2.05, 4.69) is 10.1 Å². The first kappa shape index (κ1) is 17.7. The van der Waals surface area contributed by atoms with Gasteiger partial charge in [0.25, 0.3) is 5.91 Å². The maximum absolute atomic E-state index is 11.9. The van der Waals surface area contributed by atoms with Gasteiger partial charge in [0, 0.05) is 25.6 Å². The normalized spacial score (nSPS) is 9.95. The second-order valence-corrected chi connectivity index (χ2v) is 5.05. The molecule has 0 saturated carbocycles. The number of hydrogen-bond donors (Lipinski definition) is 1. The molecule has 0 atom stereocenters. The number of carbonyl (C=O) groups is 3. The predicted octanol–water partition coefficient (Wildman–Crippen LogP) is 1.14. The zero-order valence-corrected chi connectivity index (χ0v) is 13.2. The molecule has 0 aliphatic heterocycles. The number of esters is 1. The van der Waals surface area contributed by atoms with Crippen molar-refractivity contribution in [2.45, 2.75) is 19.8 Å². The van der Waals surface area contributed by atoms with Gasteiger partial charge >= 0.3 is 5.97 Å². The van der Waals surface area contributed by atoms with Crippen molar-refractivity contribution in [3.63, 3.8) is 0 Å². The fourth-order valence-electron chi connectivity index (χ4n) is 1.87. The Bertz CT molecular complexity index is 543. The molecule has 0 aliphatic carbocycles. The Morgan fingerprint density at radius 1 is 1.27 bits per heavy atom. The van der Waals surface area contributed by atoms with Crippen molar-refractivity contribution in [1.29, 1.82) is 0 Å². The van der Waals surface area contributed by atoms with Gasteiger partial charge in [0.1, 0.15) is 0 Å². The number of carbonyl (C=O) groups excluding carboxylic acids is 3. The molecule has 1 aromatic carbocycles. The Labute approximate surface area is 130 Å². The first-order chi connectivity index (χ1) is 10.4. The first-order valence-corrected chi connectivity index (χ1v) is 7.09. The zero-order valence-electron chi connectivity index (χ0n) is 13.2. The minimum absolute atomic E-state index is 0.0680. The summed E-state index contributed by atoms with van der Waals surface area (Å²) in [6.07, 6.45) is 0.796. The van der Waals surface area contributed by atoms with Crippen molar-refractivity contribution in [2.24, 2.45) is 0 Å². The van der Waals surface area contributed by atoms with Crippen LogP contribution in [0.5, 0.6) is 0 Å². The molecular formula is C16H22N2O4. The molecule has 0 heterocycles. The number of benzene rings is 1. The number of hydrogen-bond acceptors (Lipinski definition) is 4. The Kier molecular flexibility index (Phi) is 7.08. The van der Waals surface area contributed by atoms with E-state index in [1.165, 1.54) is 12.0 Å². The third-order valence-corrected chi connectivity index (χ3v) is 3.21. The SMILES string of the molecule is COC(=O)CCCN(C)C(=O)CNC(=O)c1cccc(C)c1. The number of rotatable bonds is 7. The molecule has 1 N–H and O–H groups in total. The second kappa shape index (κ2) is 8.81. The highest BCUT2D eigenvalue weighted by molar-refractivity contribution is 5.96. The topological polar surface area (TPSA) is 75.7 Å². The molecule has 0 saturated heterocycles. The zero-order chi connectivity index (χ0) is 16.5. The minimum Gasteiger partial charge on any atom is -0.469 e. The lowest BCUT2D eigenvalue weighted by Gasteiger charge is -2.17. The average Bonchev–Trinajstić information content (AvgIpc) is 2.51. The molecule has 0 unspecified atom stereocenters. The van der Waals surface area contributed by atoms with Gasteiger partial charge in [0.2, 0.25) is 5.91 Å². The van der Waals surface area contributed by atoms with E-state index in [1.807, 2.05) is 13.0 Å². The highest BCUT2D eigenvalue weighted by atomic mass is 16.5. The van der Waals surface area contributed by atoms with Gasteiger partial charge in [-0.1, -0.05) is 17.7 Å². The molecule has 0 radical (unpaired) electrons. The molecule has 0 fully saturated rings. The lowest BCUT2D eigenvalue weighted by Crippen LogP contribution is -2.38. The van der Waals surface area contributed by atoms with Crippen molar-refractivity contribution in [1.82, 2.24) is 10.2 Å². The predicted molar refractivity (Wildman–Crippen MR) is 82.4 cm³/mol. The molecule has 0 bridgehead atoms. The molecule has 0 aromatic heterocycles. The van der Waals surface area contributed by atoms with Crippen molar-refractivity contribution < 1.29 is 19.1 Å². The smallest absolute Gasteiger partial charge is 0.305 e. The number of ether oxygens (including phenoxy) is 1. The maximum atomic E-state index is 11.9. The van der Waals surface area contributed by atoms with Crippen molar-refractivity contribution in [3.8, 4) is 0 Å². The van der Waals surface area contributed by atoms with Gasteiger partial charge in [-0.2, -0.15) is 0 Å². The summed E-state index contributed by atoms with van der Waals surface area (Å²) in [5, 5.41) is 2.60. The standard InChI is InChI=1S/C16H22N2O4/c1-12-6-4-7-13(10-12)16(21)17-11-14(19)18(2)9-5-8-15(20)22-3/h4,6-7,10H,5,8-9,11H2,1-3H3,(H,17,21).